The number of carbonyl (C=O) groups excluding carboxylic acids is 3. The molecule has 1 aliphatic heterocycles. The Kier molecular flexibility index (Phi) is 10.9. The van der Waals surface area contributed by atoms with Crippen LogP contribution < -0.4 is 14.8 Å². The summed E-state index contributed by atoms with van der Waals surface area (Å²) in [6.45, 7) is 1.74. The summed E-state index contributed by atoms with van der Waals surface area (Å²) in [6.07, 6.45) is 0.257. The van der Waals surface area contributed by atoms with E-state index in [-0.39, 0.29) is 37.2 Å². The first-order valence-electron chi connectivity index (χ1n) is 18.3. The van der Waals surface area contributed by atoms with Gasteiger partial charge in [0.05, 0.1) is 32.3 Å². The summed E-state index contributed by atoms with van der Waals surface area (Å²) in [5.41, 5.74) is 5.37. The van der Waals surface area contributed by atoms with E-state index in [0.717, 1.165) is 28.7 Å². The molecule has 54 heavy (non-hydrogen) atoms. The number of nitrogens with zero attached hydrogens (tertiary/aromatic N) is 1. The van der Waals surface area contributed by atoms with Crippen LogP contribution in [0.3, 0.4) is 0 Å². The van der Waals surface area contributed by atoms with E-state index in [0.29, 0.717) is 29.4 Å². The fourth-order valence-electron chi connectivity index (χ4n) is 8.17. The molecule has 2 aliphatic carbocycles. The molecule has 1 N–H and O–H groups in total. The summed E-state index contributed by atoms with van der Waals surface area (Å²) < 4.78 is 43.2. The Hall–Kier alpha value is -5.42. The molecule has 1 unspecified atom stereocenters. The van der Waals surface area contributed by atoms with Gasteiger partial charge in [-0.25, -0.2) is 14.0 Å². The SMILES string of the molecule is COc1ccc(COC(=O)C(Cc2ccccc2F)NC(=O)[C@H](C)[C@@H](OC)[C@@H]2C[C@@H]3C[C@@H]3N2C(=O)OCC2c3ccccc3-c3ccccc32)c(OC)c1. The molecule has 7 rings (SSSR count). The molecular formula is C43H45FN2O8. The number of esters is 1. The zero-order valence-electron chi connectivity index (χ0n) is 30.8. The van der Waals surface area contributed by atoms with Crippen molar-refractivity contribution in [2.75, 3.05) is 27.9 Å². The van der Waals surface area contributed by atoms with E-state index < -0.39 is 47.9 Å². The second kappa shape index (κ2) is 15.9. The average Bonchev–Trinajstić information content (AvgIpc) is 3.74. The Balaban J connectivity index is 1.04. The number of ether oxygens (including phenoxy) is 5. The highest BCUT2D eigenvalue weighted by Crippen LogP contribution is 2.50. The second-order valence-corrected chi connectivity index (χ2v) is 14.2. The Bertz CT molecular complexity index is 1980. The van der Waals surface area contributed by atoms with Crippen molar-refractivity contribution in [2.45, 2.75) is 62.9 Å². The van der Waals surface area contributed by atoms with Crippen LogP contribution in [-0.4, -0.2) is 75.0 Å². The molecule has 6 atom stereocenters. The lowest BCUT2D eigenvalue weighted by atomic mass is 9.93. The van der Waals surface area contributed by atoms with Gasteiger partial charge in [0.1, 0.15) is 36.6 Å². The second-order valence-electron chi connectivity index (χ2n) is 14.2. The van der Waals surface area contributed by atoms with E-state index >= 15 is 0 Å². The zero-order valence-corrected chi connectivity index (χ0v) is 30.8. The smallest absolute Gasteiger partial charge is 0.410 e. The quantitative estimate of drug-likeness (QED) is 0.143. The first kappa shape index (κ1) is 36.9. The van der Waals surface area contributed by atoms with Crippen molar-refractivity contribution >= 4 is 18.0 Å². The van der Waals surface area contributed by atoms with Gasteiger partial charge >= 0.3 is 12.1 Å². The van der Waals surface area contributed by atoms with Crippen molar-refractivity contribution < 1.29 is 42.5 Å². The minimum atomic E-state index is -1.21. The van der Waals surface area contributed by atoms with Gasteiger partial charge in [0, 0.05) is 37.1 Å². The van der Waals surface area contributed by atoms with E-state index in [9.17, 15) is 18.8 Å². The van der Waals surface area contributed by atoms with Crippen LogP contribution in [0.15, 0.2) is 91.0 Å². The molecule has 1 heterocycles. The van der Waals surface area contributed by atoms with Crippen molar-refractivity contribution in [2.24, 2.45) is 11.8 Å². The number of methoxy groups -OCH3 is 3. The average molecular weight is 737 g/mol. The van der Waals surface area contributed by atoms with Gasteiger partial charge < -0.3 is 29.0 Å². The van der Waals surface area contributed by atoms with E-state index in [4.69, 9.17) is 23.7 Å². The number of carbonyl (C=O) groups is 3. The van der Waals surface area contributed by atoms with Crippen LogP contribution >= 0.6 is 0 Å². The van der Waals surface area contributed by atoms with Crippen LogP contribution in [0.1, 0.15) is 47.9 Å². The Labute approximate surface area is 314 Å². The number of likely N-dealkylation sites (tertiary alicyclic amines) is 1. The molecule has 4 aromatic rings. The third-order valence-corrected chi connectivity index (χ3v) is 11.1. The van der Waals surface area contributed by atoms with Gasteiger partial charge in [-0.2, -0.15) is 0 Å². The van der Waals surface area contributed by atoms with Crippen molar-refractivity contribution in [1.29, 1.82) is 0 Å². The lowest BCUT2D eigenvalue weighted by Crippen LogP contribution is -2.53. The maximum Gasteiger partial charge on any atom is 0.410 e. The molecule has 1 saturated heterocycles. The zero-order chi connectivity index (χ0) is 37.9. The summed E-state index contributed by atoms with van der Waals surface area (Å²) >= 11 is 0. The van der Waals surface area contributed by atoms with Gasteiger partial charge in [0.15, 0.2) is 0 Å². The molecular weight excluding hydrogens is 691 g/mol. The molecule has 2 amide bonds. The van der Waals surface area contributed by atoms with Crippen LogP contribution in [0.2, 0.25) is 0 Å². The van der Waals surface area contributed by atoms with Crippen LogP contribution in [0.25, 0.3) is 11.1 Å². The highest BCUT2D eigenvalue weighted by molar-refractivity contribution is 5.86. The number of amides is 2. The fraction of sp³-hybridized carbons (Fsp3) is 0.372. The van der Waals surface area contributed by atoms with Gasteiger partial charge in [-0.05, 0) is 64.8 Å². The van der Waals surface area contributed by atoms with E-state index in [1.165, 1.54) is 27.4 Å². The van der Waals surface area contributed by atoms with E-state index in [1.54, 1.807) is 48.2 Å². The summed E-state index contributed by atoms with van der Waals surface area (Å²) in [5.74, 6) is -1.29. The first-order chi connectivity index (χ1) is 26.2. The Morgan fingerprint density at radius 1 is 0.833 bits per heavy atom. The molecule has 2 fully saturated rings. The predicted molar refractivity (Wildman–Crippen MR) is 199 cm³/mol. The van der Waals surface area contributed by atoms with Gasteiger partial charge in [-0.1, -0.05) is 73.7 Å². The Morgan fingerprint density at radius 2 is 1.52 bits per heavy atom. The maximum absolute atomic E-state index is 14.8. The number of hydrogen-bond acceptors (Lipinski definition) is 8. The van der Waals surface area contributed by atoms with Gasteiger partial charge in [0.2, 0.25) is 5.91 Å². The predicted octanol–water partition coefficient (Wildman–Crippen LogP) is 6.68. The highest BCUT2D eigenvalue weighted by Gasteiger charge is 2.58. The molecule has 4 aromatic carbocycles. The largest absolute Gasteiger partial charge is 0.497 e. The number of halogens is 1. The van der Waals surface area contributed by atoms with Crippen LogP contribution in [0.4, 0.5) is 9.18 Å². The number of piperidine rings is 1. The van der Waals surface area contributed by atoms with Gasteiger partial charge in [-0.15, -0.1) is 0 Å². The molecule has 0 aromatic heterocycles. The lowest BCUT2D eigenvalue weighted by molar-refractivity contribution is -0.150. The topological polar surface area (TPSA) is 113 Å². The van der Waals surface area contributed by atoms with Crippen LogP contribution in [0, 0.1) is 17.7 Å². The number of nitrogens with one attached hydrogen (secondary N) is 1. The van der Waals surface area contributed by atoms with Gasteiger partial charge in [0.25, 0.3) is 0 Å². The minimum Gasteiger partial charge on any atom is -0.497 e. The summed E-state index contributed by atoms with van der Waals surface area (Å²) in [5, 5.41) is 2.82. The summed E-state index contributed by atoms with van der Waals surface area (Å²) in [6, 6.07) is 25.9. The monoisotopic (exact) mass is 736 g/mol. The van der Waals surface area contributed by atoms with Crippen LogP contribution in [-0.2, 0) is 36.8 Å². The van der Waals surface area contributed by atoms with E-state index in [2.05, 4.69) is 29.6 Å². The van der Waals surface area contributed by atoms with Crippen molar-refractivity contribution in [3.63, 3.8) is 0 Å². The fourth-order valence-corrected chi connectivity index (χ4v) is 8.17. The van der Waals surface area contributed by atoms with Crippen LogP contribution in [0.5, 0.6) is 11.5 Å². The third-order valence-electron chi connectivity index (χ3n) is 11.1. The number of benzene rings is 4. The standard InChI is InChI=1S/C43H45FN2O8/c1-25(41(47)45-36(19-26-11-5-10-16-35(26)44)42(48)53-23-27-17-18-29(50-2)22-39(27)51-3)40(52-4)38-21-28-20-37(28)46(38)43(49)54-24-34-32-14-8-6-12-30(32)31-13-7-9-15-33(31)34/h5-18,22,25,28,34,36-38,40H,19-21,23-24H2,1-4H3,(H,45,47)/t25-,28+,36?,37+,38+,40-/m1/s1. The molecule has 3 aliphatic rings. The minimum absolute atomic E-state index is 0.0114. The summed E-state index contributed by atoms with van der Waals surface area (Å²) in [4.78, 5) is 43.2. The molecule has 0 radical (unpaired) electrons. The highest BCUT2D eigenvalue weighted by atomic mass is 19.1. The lowest BCUT2D eigenvalue weighted by Gasteiger charge is -2.35. The normalized spacial score (nSPS) is 19.8. The number of fused-ring (bicyclic) bond motifs is 4. The molecule has 1 saturated carbocycles. The molecule has 10 nitrogen and oxygen atoms in total. The Morgan fingerprint density at radius 3 is 2.19 bits per heavy atom. The molecule has 0 spiro atoms. The van der Waals surface area contributed by atoms with Crippen molar-refractivity contribution in [3.8, 4) is 22.6 Å². The van der Waals surface area contributed by atoms with E-state index in [1.807, 2.05) is 24.3 Å². The molecule has 11 heteroatoms. The van der Waals surface area contributed by atoms with Crippen molar-refractivity contribution in [1.82, 2.24) is 10.2 Å². The maximum atomic E-state index is 14.8. The summed E-state index contributed by atoms with van der Waals surface area (Å²) in [7, 11) is 4.55. The molecule has 282 valence electrons. The first-order valence-corrected chi connectivity index (χ1v) is 18.3. The third kappa shape index (κ3) is 7.37. The van der Waals surface area contributed by atoms with Gasteiger partial charge in [-0.3, -0.25) is 9.69 Å². The number of hydrogen-bond donors (Lipinski definition) is 1. The molecule has 0 bridgehead atoms. The number of rotatable bonds is 14. The van der Waals surface area contributed by atoms with Crippen molar-refractivity contribution in [3.05, 3.63) is 119 Å².